The Labute approximate surface area is 250 Å². The summed E-state index contributed by atoms with van der Waals surface area (Å²) in [4.78, 5) is 67.9. The number of rotatable bonds is 9. The standard InChI is InChI=1S/C29H32FN5O7S/c1-3-32-6-8-33(9-7-32)22-11-21-17(10-20(22)30)25(38)18(12-34(21)16-4-5-16)23-27(39)35-24(29(40)41)19(13-43-28(23)35)26(31-14-36)42-15(2)37/h10-12,14,16,23,26,28H,3-9,13H2,1-2H3,(H,31,36)(H,40,41)/t23-,26?,28-/m1/s1. The molecule has 0 spiro atoms. The van der Waals surface area contributed by atoms with Crippen molar-refractivity contribution in [2.75, 3.05) is 43.4 Å². The van der Waals surface area contributed by atoms with Gasteiger partial charge in [0, 0.05) is 67.6 Å². The number of nitrogens with one attached hydrogen (secondary N) is 1. The van der Waals surface area contributed by atoms with Crippen molar-refractivity contribution in [1.29, 1.82) is 0 Å². The number of anilines is 1. The number of carbonyl (C=O) groups is 4. The third-order valence-electron chi connectivity index (χ3n) is 8.58. The molecular formula is C29H32FN5O7S. The van der Waals surface area contributed by atoms with Gasteiger partial charge in [0.2, 0.25) is 18.5 Å². The Morgan fingerprint density at radius 3 is 2.53 bits per heavy atom. The molecule has 1 aromatic heterocycles. The van der Waals surface area contributed by atoms with Gasteiger partial charge in [0.05, 0.1) is 22.5 Å². The van der Waals surface area contributed by atoms with E-state index in [1.54, 1.807) is 12.3 Å². The summed E-state index contributed by atoms with van der Waals surface area (Å²) < 4.78 is 22.6. The van der Waals surface area contributed by atoms with E-state index in [1.165, 1.54) is 17.8 Å². The SMILES string of the molecule is CCN1CCN(c2cc3c(cc2F)c(=O)c([C@@H]2C(=O)N4C(C(=O)O)=C(C(NC=O)OC(C)=O)CS[C@H]24)cn3C2CC2)CC1. The minimum Gasteiger partial charge on any atom is -0.477 e. The number of amides is 2. The zero-order valence-corrected chi connectivity index (χ0v) is 24.6. The third kappa shape index (κ3) is 5.05. The Hall–Kier alpha value is -3.91. The highest BCUT2D eigenvalue weighted by Crippen LogP contribution is 2.49. The average molecular weight is 614 g/mol. The molecule has 1 aromatic carbocycles. The van der Waals surface area contributed by atoms with Gasteiger partial charge in [-0.05, 0) is 31.5 Å². The summed E-state index contributed by atoms with van der Waals surface area (Å²) in [7, 11) is 0. The molecule has 43 heavy (non-hydrogen) atoms. The van der Waals surface area contributed by atoms with Crippen LogP contribution in [0.3, 0.4) is 0 Å². The van der Waals surface area contributed by atoms with Crippen LogP contribution in [-0.2, 0) is 23.9 Å². The topological polar surface area (TPSA) is 141 Å². The summed E-state index contributed by atoms with van der Waals surface area (Å²) >= 11 is 1.20. The summed E-state index contributed by atoms with van der Waals surface area (Å²) in [5.41, 5.74) is 0.451. The maximum absolute atomic E-state index is 15.6. The van der Waals surface area contributed by atoms with Crippen LogP contribution in [0.15, 0.2) is 34.4 Å². The van der Waals surface area contributed by atoms with Crippen molar-refractivity contribution in [3.05, 3.63) is 51.2 Å². The van der Waals surface area contributed by atoms with Crippen molar-refractivity contribution in [3.63, 3.8) is 0 Å². The normalized spacial score (nSPS) is 23.1. The first-order valence-electron chi connectivity index (χ1n) is 14.3. The van der Waals surface area contributed by atoms with Crippen LogP contribution in [-0.4, -0.2) is 93.8 Å². The highest BCUT2D eigenvalue weighted by atomic mass is 32.2. The van der Waals surface area contributed by atoms with Crippen LogP contribution in [0.2, 0.25) is 0 Å². The first kappa shape index (κ1) is 29.2. The molecule has 3 atom stereocenters. The van der Waals surface area contributed by atoms with E-state index in [0.29, 0.717) is 24.3 Å². The van der Waals surface area contributed by atoms with Crippen LogP contribution >= 0.6 is 11.8 Å². The number of carboxylic acids is 1. The second-order valence-corrected chi connectivity index (χ2v) is 12.2. The summed E-state index contributed by atoms with van der Waals surface area (Å²) in [6, 6.07) is 3.13. The number of carboxylic acid groups (broad SMARTS) is 1. The molecule has 4 heterocycles. The number of β-lactam (4-membered cyclic amide) rings is 1. The van der Waals surface area contributed by atoms with Gasteiger partial charge in [0.25, 0.3) is 0 Å². The van der Waals surface area contributed by atoms with Crippen LogP contribution in [0.1, 0.15) is 44.2 Å². The number of aromatic nitrogens is 1. The number of halogens is 1. The average Bonchev–Trinajstić information content (AvgIpc) is 3.83. The molecule has 3 aliphatic heterocycles. The quantitative estimate of drug-likeness (QED) is 0.185. The van der Waals surface area contributed by atoms with E-state index in [9.17, 15) is 29.1 Å². The molecule has 0 radical (unpaired) electrons. The lowest BCUT2D eigenvalue weighted by atomic mass is 9.88. The Morgan fingerprint density at radius 1 is 1.21 bits per heavy atom. The maximum Gasteiger partial charge on any atom is 0.352 e. The highest BCUT2D eigenvalue weighted by Gasteiger charge is 2.56. The molecule has 3 fully saturated rings. The van der Waals surface area contributed by atoms with Gasteiger partial charge in [-0.3, -0.25) is 24.1 Å². The number of fused-ring (bicyclic) bond motifs is 2. The Morgan fingerprint density at radius 2 is 1.93 bits per heavy atom. The van der Waals surface area contributed by atoms with Gasteiger partial charge in [-0.15, -0.1) is 11.8 Å². The van der Waals surface area contributed by atoms with Gasteiger partial charge in [0.15, 0.2) is 5.43 Å². The number of ether oxygens (including phenoxy) is 1. The monoisotopic (exact) mass is 613 g/mol. The molecule has 1 saturated carbocycles. The maximum atomic E-state index is 15.6. The molecule has 1 aliphatic carbocycles. The largest absolute Gasteiger partial charge is 0.477 e. The van der Waals surface area contributed by atoms with Gasteiger partial charge in [-0.1, -0.05) is 6.92 Å². The molecule has 228 valence electrons. The second kappa shape index (κ2) is 11.3. The smallest absolute Gasteiger partial charge is 0.352 e. The van der Waals surface area contributed by atoms with E-state index in [0.717, 1.165) is 44.3 Å². The zero-order valence-electron chi connectivity index (χ0n) is 23.7. The Balaban J connectivity index is 1.38. The molecular weight excluding hydrogens is 581 g/mol. The summed E-state index contributed by atoms with van der Waals surface area (Å²) in [6.07, 6.45) is 2.38. The minimum atomic E-state index is -1.43. The lowest BCUT2D eigenvalue weighted by Crippen LogP contribution is -2.61. The molecule has 2 amide bonds. The first-order chi connectivity index (χ1) is 20.6. The van der Waals surface area contributed by atoms with Crippen LogP contribution < -0.4 is 15.6 Å². The number of esters is 1. The van der Waals surface area contributed by atoms with E-state index in [4.69, 9.17) is 4.74 Å². The number of carbonyl (C=O) groups excluding carboxylic acids is 3. The number of aliphatic carboxylic acids is 1. The van der Waals surface area contributed by atoms with Gasteiger partial charge in [-0.25, -0.2) is 9.18 Å². The zero-order chi connectivity index (χ0) is 30.6. The van der Waals surface area contributed by atoms with Crippen molar-refractivity contribution >= 4 is 52.6 Å². The van der Waals surface area contributed by atoms with Crippen LogP contribution in [0, 0.1) is 5.82 Å². The molecule has 0 bridgehead atoms. The number of pyridine rings is 1. The number of benzene rings is 1. The van der Waals surface area contributed by atoms with E-state index in [-0.39, 0.29) is 34.7 Å². The van der Waals surface area contributed by atoms with Crippen LogP contribution in [0.4, 0.5) is 10.1 Å². The highest BCUT2D eigenvalue weighted by molar-refractivity contribution is 8.00. The number of likely N-dealkylation sites (N-methyl/N-ethyl adjacent to an activating group) is 1. The number of hydrogen-bond acceptors (Lipinski definition) is 9. The van der Waals surface area contributed by atoms with Gasteiger partial charge in [0.1, 0.15) is 11.5 Å². The molecule has 4 aliphatic rings. The molecule has 6 rings (SSSR count). The molecule has 14 heteroatoms. The van der Waals surface area contributed by atoms with E-state index < -0.39 is 52.3 Å². The Bertz CT molecular complexity index is 1610. The van der Waals surface area contributed by atoms with Gasteiger partial charge in [-0.2, -0.15) is 0 Å². The lowest BCUT2D eigenvalue weighted by molar-refractivity contribution is -0.150. The minimum absolute atomic E-state index is 0.0268. The Kier molecular flexibility index (Phi) is 7.67. The third-order valence-corrected chi connectivity index (χ3v) is 9.89. The number of thioether (sulfide) groups is 1. The number of nitrogens with zero attached hydrogens (tertiary/aromatic N) is 4. The van der Waals surface area contributed by atoms with Crippen LogP contribution in [0.25, 0.3) is 10.9 Å². The molecule has 12 nitrogen and oxygen atoms in total. The van der Waals surface area contributed by atoms with Crippen molar-refractivity contribution in [3.8, 4) is 0 Å². The molecule has 2 aromatic rings. The number of piperazine rings is 1. The van der Waals surface area contributed by atoms with Gasteiger partial charge < -0.3 is 29.5 Å². The van der Waals surface area contributed by atoms with Crippen molar-refractivity contribution in [1.82, 2.24) is 19.7 Å². The van der Waals surface area contributed by atoms with Crippen molar-refractivity contribution in [2.45, 2.75) is 50.3 Å². The fourth-order valence-electron chi connectivity index (χ4n) is 6.23. The van der Waals surface area contributed by atoms with E-state index in [2.05, 4.69) is 17.1 Å². The predicted octanol–water partition coefficient (Wildman–Crippen LogP) is 1.59. The molecule has 1 unspecified atom stereocenters. The second-order valence-electron chi connectivity index (χ2n) is 11.1. The van der Waals surface area contributed by atoms with Gasteiger partial charge >= 0.3 is 11.9 Å². The summed E-state index contributed by atoms with van der Waals surface area (Å²) in [5.74, 6) is -4.20. The fourth-order valence-corrected chi connectivity index (χ4v) is 7.69. The van der Waals surface area contributed by atoms with E-state index in [1.807, 2.05) is 9.47 Å². The molecule has 2 saturated heterocycles. The summed E-state index contributed by atoms with van der Waals surface area (Å²) in [6.45, 7) is 7.14. The van der Waals surface area contributed by atoms with Crippen molar-refractivity contribution in [2.24, 2.45) is 0 Å². The fraction of sp³-hybridized carbons (Fsp3) is 0.483. The predicted molar refractivity (Wildman–Crippen MR) is 156 cm³/mol. The summed E-state index contributed by atoms with van der Waals surface area (Å²) in [5, 5.41) is 11.8. The van der Waals surface area contributed by atoms with Crippen LogP contribution in [0.5, 0.6) is 0 Å². The lowest BCUT2D eigenvalue weighted by Gasteiger charge is -2.50. The first-order valence-corrected chi connectivity index (χ1v) is 15.3. The van der Waals surface area contributed by atoms with Crippen molar-refractivity contribution < 1.29 is 33.4 Å². The molecule has 2 N–H and O–H groups in total. The van der Waals surface area contributed by atoms with E-state index >= 15 is 4.39 Å². The number of hydrogen-bond donors (Lipinski definition) is 2.